The monoisotopic (exact) mass is 559 g/mol. The van der Waals surface area contributed by atoms with Gasteiger partial charge < -0.3 is 20.7 Å². The van der Waals surface area contributed by atoms with E-state index in [0.29, 0.717) is 30.6 Å². The average molecular weight is 560 g/mol. The fourth-order valence-corrected chi connectivity index (χ4v) is 6.99. The number of hydrogen-bond donors (Lipinski definition) is 3. The van der Waals surface area contributed by atoms with Gasteiger partial charge in [0.05, 0.1) is 0 Å². The number of nitrogens with one attached hydrogen (secondary N) is 3. The van der Waals surface area contributed by atoms with E-state index in [2.05, 4.69) is 40.2 Å². The van der Waals surface area contributed by atoms with Gasteiger partial charge in [-0.1, -0.05) is 73.5 Å². The maximum atomic E-state index is 13.5. The van der Waals surface area contributed by atoms with E-state index in [4.69, 9.17) is 0 Å². The molecule has 0 aliphatic carbocycles. The lowest BCUT2D eigenvalue weighted by Crippen LogP contribution is -2.33. The molecule has 0 atom stereocenters. The number of unbranched alkanes of at least 4 members (excludes halogenated alkanes) is 4. The summed E-state index contributed by atoms with van der Waals surface area (Å²) in [5.74, 6) is -0.0671. The second-order valence-electron chi connectivity index (χ2n) is 9.93. The zero-order valence-electron chi connectivity index (χ0n) is 23.7. The van der Waals surface area contributed by atoms with Gasteiger partial charge in [0, 0.05) is 30.6 Å². The predicted octanol–water partition coefficient (Wildman–Crippen LogP) is 4.44. The van der Waals surface area contributed by atoms with Crippen LogP contribution in [0.5, 0.6) is 0 Å². The summed E-state index contributed by atoms with van der Waals surface area (Å²) in [6, 6.07) is 25.8. The standard InChI is InChI=1S/C33H42N3O3P/c1-26(37)15-7-5-13-24-36-33(39)30-21-20-27(32(38)35-23-14-6-12-22-34-2)25-31(30)40(28-16-8-3-9-17-28)29-18-10-4-11-19-29/h3-4,8-11,16-21,25,34H,5-7,12-15,22-24H2,1-2H3,(H,35,38)(H,36,39). The van der Waals surface area contributed by atoms with Crippen LogP contribution >= 0.6 is 7.92 Å². The van der Waals surface area contributed by atoms with Crippen molar-refractivity contribution in [2.45, 2.75) is 51.9 Å². The van der Waals surface area contributed by atoms with E-state index >= 15 is 0 Å². The van der Waals surface area contributed by atoms with Crippen LogP contribution < -0.4 is 31.9 Å². The predicted molar refractivity (Wildman–Crippen MR) is 167 cm³/mol. The first-order valence-electron chi connectivity index (χ1n) is 14.3. The van der Waals surface area contributed by atoms with Gasteiger partial charge in [0.1, 0.15) is 5.78 Å². The highest BCUT2D eigenvalue weighted by Crippen LogP contribution is 2.34. The van der Waals surface area contributed by atoms with Crippen molar-refractivity contribution in [1.82, 2.24) is 16.0 Å². The Bertz CT molecular complexity index is 1180. The third-order valence-corrected chi connectivity index (χ3v) is 9.14. The Labute approximate surface area is 240 Å². The Balaban J connectivity index is 1.87. The van der Waals surface area contributed by atoms with Crippen LogP contribution in [-0.4, -0.2) is 44.3 Å². The molecule has 0 unspecified atom stereocenters. The number of amides is 2. The molecule has 0 heterocycles. The van der Waals surface area contributed by atoms with Gasteiger partial charge in [-0.05, 0) is 88.2 Å². The second kappa shape index (κ2) is 17.4. The number of rotatable bonds is 17. The Kier molecular flexibility index (Phi) is 13.5. The summed E-state index contributed by atoms with van der Waals surface area (Å²) in [4.78, 5) is 37.8. The minimum atomic E-state index is -1.08. The quantitative estimate of drug-likeness (QED) is 0.169. The van der Waals surface area contributed by atoms with Crippen molar-refractivity contribution >= 4 is 41.4 Å². The molecule has 7 heteroatoms. The highest BCUT2D eigenvalue weighted by atomic mass is 31.1. The summed E-state index contributed by atoms with van der Waals surface area (Å²) in [6.45, 7) is 3.74. The maximum Gasteiger partial charge on any atom is 0.251 e. The van der Waals surface area contributed by atoms with Crippen molar-refractivity contribution < 1.29 is 14.4 Å². The molecule has 3 N–H and O–H groups in total. The van der Waals surface area contributed by atoms with Gasteiger partial charge >= 0.3 is 0 Å². The van der Waals surface area contributed by atoms with E-state index in [1.54, 1.807) is 19.1 Å². The summed E-state index contributed by atoms with van der Waals surface area (Å²) in [5, 5.41) is 12.4. The average Bonchev–Trinajstić information content (AvgIpc) is 2.97. The normalized spacial score (nSPS) is 10.9. The topological polar surface area (TPSA) is 87.3 Å². The number of Topliss-reactive ketones (excluding diaryl/α,β-unsaturated/α-hetero) is 1. The zero-order valence-corrected chi connectivity index (χ0v) is 24.6. The van der Waals surface area contributed by atoms with E-state index in [1.807, 2.05) is 49.5 Å². The summed E-state index contributed by atoms with van der Waals surface area (Å²) in [7, 11) is 0.864. The second-order valence-corrected chi connectivity index (χ2v) is 12.1. The fourth-order valence-electron chi connectivity index (χ4n) is 4.51. The molecule has 0 fully saturated rings. The van der Waals surface area contributed by atoms with Crippen LogP contribution in [0.25, 0.3) is 0 Å². The summed E-state index contributed by atoms with van der Waals surface area (Å²) in [6.07, 6.45) is 6.17. The van der Waals surface area contributed by atoms with Crippen molar-refractivity contribution in [1.29, 1.82) is 0 Å². The van der Waals surface area contributed by atoms with Gasteiger partial charge in [0.25, 0.3) is 11.8 Å². The smallest absolute Gasteiger partial charge is 0.251 e. The van der Waals surface area contributed by atoms with Crippen molar-refractivity contribution in [3.8, 4) is 0 Å². The first kappa shape index (κ1) is 31.2. The Morgan fingerprint density at radius 3 is 1.77 bits per heavy atom. The molecule has 0 saturated carbocycles. The Hall–Kier alpha value is -3.34. The van der Waals surface area contributed by atoms with Gasteiger partial charge in [0.15, 0.2) is 0 Å². The van der Waals surface area contributed by atoms with Crippen LogP contribution in [0.3, 0.4) is 0 Å². The third-order valence-electron chi connectivity index (χ3n) is 6.65. The van der Waals surface area contributed by atoms with Crippen molar-refractivity contribution in [2.75, 3.05) is 26.7 Å². The van der Waals surface area contributed by atoms with E-state index < -0.39 is 7.92 Å². The Morgan fingerprint density at radius 2 is 1.20 bits per heavy atom. The summed E-state index contributed by atoms with van der Waals surface area (Å²) in [5.41, 5.74) is 1.15. The molecule has 40 heavy (non-hydrogen) atoms. The molecule has 212 valence electrons. The lowest BCUT2D eigenvalue weighted by Gasteiger charge is -2.23. The van der Waals surface area contributed by atoms with Crippen molar-refractivity contribution in [3.05, 3.63) is 90.0 Å². The zero-order chi connectivity index (χ0) is 28.6. The van der Waals surface area contributed by atoms with Crippen LogP contribution in [0.1, 0.15) is 72.6 Å². The molecule has 0 aliphatic heterocycles. The molecule has 3 rings (SSSR count). The molecule has 0 saturated heterocycles. The minimum Gasteiger partial charge on any atom is -0.352 e. The molecule has 0 aromatic heterocycles. The van der Waals surface area contributed by atoms with E-state index in [-0.39, 0.29) is 17.6 Å². The minimum absolute atomic E-state index is 0.122. The van der Waals surface area contributed by atoms with Crippen LogP contribution in [0.15, 0.2) is 78.9 Å². The van der Waals surface area contributed by atoms with Crippen LogP contribution in [-0.2, 0) is 4.79 Å². The van der Waals surface area contributed by atoms with Crippen molar-refractivity contribution in [3.63, 3.8) is 0 Å². The van der Waals surface area contributed by atoms with Crippen LogP contribution in [0.2, 0.25) is 0 Å². The van der Waals surface area contributed by atoms with Gasteiger partial charge in [0.2, 0.25) is 0 Å². The molecular weight excluding hydrogens is 517 g/mol. The first-order chi connectivity index (χ1) is 19.5. The summed E-state index contributed by atoms with van der Waals surface area (Å²) < 4.78 is 0. The highest BCUT2D eigenvalue weighted by Gasteiger charge is 2.24. The van der Waals surface area contributed by atoms with Gasteiger partial charge in [-0.15, -0.1) is 0 Å². The number of hydrogen-bond acceptors (Lipinski definition) is 4. The molecular formula is C33H42N3O3P. The molecule has 3 aromatic rings. The molecule has 0 spiro atoms. The fraction of sp³-hybridized carbons (Fsp3) is 0.364. The molecule has 2 amide bonds. The molecule has 0 radical (unpaired) electrons. The van der Waals surface area contributed by atoms with Crippen molar-refractivity contribution in [2.24, 2.45) is 0 Å². The number of benzene rings is 3. The van der Waals surface area contributed by atoms with E-state index in [1.165, 1.54) is 0 Å². The van der Waals surface area contributed by atoms with Gasteiger partial charge in [-0.25, -0.2) is 0 Å². The number of carbonyl (C=O) groups excluding carboxylic acids is 3. The third kappa shape index (κ3) is 10.0. The SMILES string of the molecule is CNCCCCCNC(=O)c1ccc(C(=O)NCCCCCC(C)=O)c(P(c2ccccc2)c2ccccc2)c1. The number of ketones is 1. The van der Waals surface area contributed by atoms with Crippen LogP contribution in [0, 0.1) is 0 Å². The van der Waals surface area contributed by atoms with Gasteiger partial charge in [-0.2, -0.15) is 0 Å². The first-order valence-corrected chi connectivity index (χ1v) is 15.6. The lowest BCUT2D eigenvalue weighted by atomic mass is 10.1. The molecule has 0 bridgehead atoms. The maximum absolute atomic E-state index is 13.5. The van der Waals surface area contributed by atoms with Gasteiger partial charge in [-0.3, -0.25) is 9.59 Å². The molecule has 6 nitrogen and oxygen atoms in total. The summed E-state index contributed by atoms with van der Waals surface area (Å²) >= 11 is 0. The van der Waals surface area contributed by atoms with Crippen LogP contribution in [0.4, 0.5) is 0 Å². The lowest BCUT2D eigenvalue weighted by molar-refractivity contribution is -0.117. The number of carbonyl (C=O) groups is 3. The molecule has 0 aliphatic rings. The van der Waals surface area contributed by atoms with E-state index in [9.17, 15) is 14.4 Å². The highest BCUT2D eigenvalue weighted by molar-refractivity contribution is 7.80. The molecule has 3 aromatic carbocycles. The Morgan fingerprint density at radius 1 is 0.650 bits per heavy atom. The van der Waals surface area contributed by atoms with E-state index in [0.717, 1.165) is 61.0 Å². The largest absolute Gasteiger partial charge is 0.352 e.